The maximum absolute atomic E-state index is 12.8. The number of piperazine rings is 1. The lowest BCUT2D eigenvalue weighted by molar-refractivity contribution is 0.0632. The van der Waals surface area contributed by atoms with Crippen molar-refractivity contribution in [3.63, 3.8) is 0 Å². The molecule has 0 atom stereocenters. The van der Waals surface area contributed by atoms with E-state index in [1.54, 1.807) is 11.3 Å². The molecule has 1 fully saturated rings. The molecule has 1 amide bonds. The summed E-state index contributed by atoms with van der Waals surface area (Å²) in [5.41, 5.74) is 2.14. The van der Waals surface area contributed by atoms with Gasteiger partial charge in [-0.25, -0.2) is 4.98 Å². The number of aromatic nitrogens is 2. The standard InChI is InChI=1S/C18H24N4OS/c1-13(2)17-20-14(3)16(24-17)18(23)22-10-8-21(9-11-22)12-15-4-6-19-7-5-15/h4-7,13H,8-12H2,1-3H3. The lowest BCUT2D eigenvalue weighted by atomic mass is 10.2. The van der Waals surface area contributed by atoms with Gasteiger partial charge < -0.3 is 4.90 Å². The molecule has 0 radical (unpaired) electrons. The number of rotatable bonds is 4. The van der Waals surface area contributed by atoms with E-state index in [4.69, 9.17) is 0 Å². The molecule has 128 valence electrons. The highest BCUT2D eigenvalue weighted by Gasteiger charge is 2.25. The minimum absolute atomic E-state index is 0.139. The fraction of sp³-hybridized carbons (Fsp3) is 0.500. The maximum Gasteiger partial charge on any atom is 0.265 e. The van der Waals surface area contributed by atoms with Gasteiger partial charge in [-0.15, -0.1) is 11.3 Å². The molecule has 0 unspecified atom stereocenters. The monoisotopic (exact) mass is 344 g/mol. The van der Waals surface area contributed by atoms with Crippen LogP contribution in [0.1, 0.15) is 45.7 Å². The first-order valence-electron chi connectivity index (χ1n) is 8.42. The van der Waals surface area contributed by atoms with Crippen molar-refractivity contribution in [2.24, 2.45) is 0 Å². The SMILES string of the molecule is Cc1nc(C(C)C)sc1C(=O)N1CCN(Cc2ccncc2)CC1. The average Bonchev–Trinajstić information content (AvgIpc) is 2.98. The molecular weight excluding hydrogens is 320 g/mol. The van der Waals surface area contributed by atoms with Crippen molar-refractivity contribution in [3.05, 3.63) is 45.7 Å². The van der Waals surface area contributed by atoms with E-state index in [2.05, 4.69) is 28.7 Å². The summed E-state index contributed by atoms with van der Waals surface area (Å²) in [5, 5.41) is 1.05. The molecule has 3 heterocycles. The van der Waals surface area contributed by atoms with E-state index in [0.29, 0.717) is 5.92 Å². The molecule has 2 aromatic rings. The van der Waals surface area contributed by atoms with Crippen LogP contribution in [0.5, 0.6) is 0 Å². The summed E-state index contributed by atoms with van der Waals surface area (Å²) >= 11 is 1.55. The largest absolute Gasteiger partial charge is 0.335 e. The van der Waals surface area contributed by atoms with E-state index in [9.17, 15) is 4.79 Å². The van der Waals surface area contributed by atoms with Crippen molar-refractivity contribution >= 4 is 17.2 Å². The normalized spacial score (nSPS) is 15.9. The van der Waals surface area contributed by atoms with Crippen molar-refractivity contribution in [2.45, 2.75) is 33.2 Å². The van der Waals surface area contributed by atoms with E-state index in [1.165, 1.54) is 5.56 Å². The van der Waals surface area contributed by atoms with E-state index in [1.807, 2.05) is 36.4 Å². The van der Waals surface area contributed by atoms with Crippen LogP contribution in [0, 0.1) is 6.92 Å². The average molecular weight is 344 g/mol. The van der Waals surface area contributed by atoms with E-state index in [-0.39, 0.29) is 5.91 Å². The quantitative estimate of drug-likeness (QED) is 0.856. The maximum atomic E-state index is 12.8. The first-order chi connectivity index (χ1) is 11.5. The smallest absolute Gasteiger partial charge is 0.265 e. The second kappa shape index (κ2) is 7.40. The lowest BCUT2D eigenvalue weighted by Gasteiger charge is -2.34. The first kappa shape index (κ1) is 17.0. The number of hydrogen-bond acceptors (Lipinski definition) is 5. The highest BCUT2D eigenvalue weighted by atomic mass is 32.1. The van der Waals surface area contributed by atoms with Crippen LogP contribution in [0.2, 0.25) is 0 Å². The zero-order valence-corrected chi connectivity index (χ0v) is 15.3. The number of nitrogens with zero attached hydrogens (tertiary/aromatic N) is 4. The zero-order chi connectivity index (χ0) is 17.1. The Labute approximate surface area is 147 Å². The van der Waals surface area contributed by atoms with Gasteiger partial charge in [-0.2, -0.15) is 0 Å². The van der Waals surface area contributed by atoms with Crippen LogP contribution in [0.4, 0.5) is 0 Å². The summed E-state index contributed by atoms with van der Waals surface area (Å²) in [6, 6.07) is 4.09. The topological polar surface area (TPSA) is 49.3 Å². The molecule has 3 rings (SSSR count). The molecule has 0 spiro atoms. The van der Waals surface area contributed by atoms with Gasteiger partial charge in [0.15, 0.2) is 0 Å². The van der Waals surface area contributed by atoms with Gasteiger partial charge in [0.1, 0.15) is 4.88 Å². The summed E-state index contributed by atoms with van der Waals surface area (Å²) in [7, 11) is 0. The molecule has 1 saturated heterocycles. The van der Waals surface area contributed by atoms with Gasteiger partial charge >= 0.3 is 0 Å². The Kier molecular flexibility index (Phi) is 5.26. The second-order valence-electron chi connectivity index (χ2n) is 6.55. The van der Waals surface area contributed by atoms with Crippen LogP contribution in [-0.2, 0) is 6.54 Å². The van der Waals surface area contributed by atoms with Crippen LogP contribution < -0.4 is 0 Å². The molecule has 1 aliphatic rings. The molecule has 0 bridgehead atoms. The summed E-state index contributed by atoms with van der Waals surface area (Å²) < 4.78 is 0. The van der Waals surface area contributed by atoms with E-state index >= 15 is 0 Å². The third kappa shape index (κ3) is 3.82. The van der Waals surface area contributed by atoms with Crippen LogP contribution in [0.25, 0.3) is 0 Å². The number of hydrogen-bond donors (Lipinski definition) is 0. The molecule has 6 heteroatoms. The zero-order valence-electron chi connectivity index (χ0n) is 14.5. The third-order valence-electron chi connectivity index (χ3n) is 4.32. The molecule has 0 N–H and O–H groups in total. The highest BCUT2D eigenvalue weighted by Crippen LogP contribution is 2.26. The number of aryl methyl sites for hydroxylation is 1. The van der Waals surface area contributed by atoms with Gasteiger partial charge in [-0.1, -0.05) is 13.8 Å². The van der Waals surface area contributed by atoms with Gasteiger partial charge in [0.05, 0.1) is 10.7 Å². The van der Waals surface area contributed by atoms with Crippen LogP contribution in [0.15, 0.2) is 24.5 Å². The predicted molar refractivity (Wildman–Crippen MR) is 96.4 cm³/mol. The highest BCUT2D eigenvalue weighted by molar-refractivity contribution is 7.13. The Morgan fingerprint density at radius 2 is 1.88 bits per heavy atom. The molecule has 1 aliphatic heterocycles. The van der Waals surface area contributed by atoms with Gasteiger partial charge in [0, 0.05) is 51.0 Å². The Balaban J connectivity index is 1.59. The van der Waals surface area contributed by atoms with Crippen LogP contribution in [0.3, 0.4) is 0 Å². The van der Waals surface area contributed by atoms with E-state index in [0.717, 1.165) is 48.3 Å². The second-order valence-corrected chi connectivity index (χ2v) is 7.58. The number of pyridine rings is 1. The minimum atomic E-state index is 0.139. The third-order valence-corrected chi connectivity index (χ3v) is 5.76. The van der Waals surface area contributed by atoms with E-state index < -0.39 is 0 Å². The Morgan fingerprint density at radius 1 is 1.21 bits per heavy atom. The first-order valence-corrected chi connectivity index (χ1v) is 9.24. The van der Waals surface area contributed by atoms with Gasteiger partial charge in [-0.3, -0.25) is 14.7 Å². The summed E-state index contributed by atoms with van der Waals surface area (Å²) in [6.07, 6.45) is 3.65. The fourth-order valence-corrected chi connectivity index (χ4v) is 3.90. The van der Waals surface area contributed by atoms with Gasteiger partial charge in [0.2, 0.25) is 0 Å². The van der Waals surface area contributed by atoms with Gasteiger partial charge in [-0.05, 0) is 24.6 Å². The number of amides is 1. The van der Waals surface area contributed by atoms with Crippen molar-refractivity contribution in [3.8, 4) is 0 Å². The molecule has 24 heavy (non-hydrogen) atoms. The Morgan fingerprint density at radius 3 is 2.46 bits per heavy atom. The Hall–Kier alpha value is -1.79. The number of carbonyl (C=O) groups is 1. The molecule has 0 aromatic carbocycles. The van der Waals surface area contributed by atoms with Crippen LogP contribution >= 0.6 is 11.3 Å². The summed E-state index contributed by atoms with van der Waals surface area (Å²) in [5.74, 6) is 0.507. The van der Waals surface area contributed by atoms with Crippen molar-refractivity contribution in [1.29, 1.82) is 0 Å². The molecule has 0 aliphatic carbocycles. The molecule has 0 saturated carbocycles. The minimum Gasteiger partial charge on any atom is -0.335 e. The van der Waals surface area contributed by atoms with Gasteiger partial charge in [0.25, 0.3) is 5.91 Å². The van der Waals surface area contributed by atoms with Crippen LogP contribution in [-0.4, -0.2) is 51.9 Å². The lowest BCUT2D eigenvalue weighted by Crippen LogP contribution is -2.48. The van der Waals surface area contributed by atoms with Crippen molar-refractivity contribution in [1.82, 2.24) is 19.8 Å². The molecular formula is C18H24N4OS. The molecule has 5 nitrogen and oxygen atoms in total. The van der Waals surface area contributed by atoms with Crippen molar-refractivity contribution < 1.29 is 4.79 Å². The summed E-state index contributed by atoms with van der Waals surface area (Å²) in [6.45, 7) is 10.5. The van der Waals surface area contributed by atoms with Crippen molar-refractivity contribution in [2.75, 3.05) is 26.2 Å². The number of thiazole rings is 1. The summed E-state index contributed by atoms with van der Waals surface area (Å²) in [4.78, 5) is 26.6. The number of carbonyl (C=O) groups excluding carboxylic acids is 1. The predicted octanol–water partition coefficient (Wildman–Crippen LogP) is 2.93. The Bertz CT molecular complexity index is 690. The fourth-order valence-electron chi connectivity index (χ4n) is 2.86. The molecule has 2 aromatic heterocycles.